The number of hydrogen-bond acceptors (Lipinski definition) is 2. The molecule has 0 amide bonds. The quantitative estimate of drug-likeness (QED) is 0.327. The van der Waals surface area contributed by atoms with Crippen LogP contribution in [0.1, 0.15) is 117 Å². The van der Waals surface area contributed by atoms with Gasteiger partial charge in [0.25, 0.3) is 0 Å². The molecule has 34 heavy (non-hydrogen) atoms. The minimum Gasteiger partial charge on any atom is -0.312 e. The zero-order chi connectivity index (χ0) is 23.9. The van der Waals surface area contributed by atoms with E-state index in [1.54, 1.807) is 6.42 Å². The van der Waals surface area contributed by atoms with Crippen molar-refractivity contribution >= 4 is 11.6 Å². The Hall–Kier alpha value is 0.210. The average Bonchev–Trinajstić information content (AvgIpc) is 2.87. The van der Waals surface area contributed by atoms with Crippen molar-refractivity contribution in [3.05, 3.63) is 0 Å². The van der Waals surface area contributed by atoms with E-state index in [4.69, 9.17) is 11.6 Å². The topological polar surface area (TPSA) is 15.3 Å². The third-order valence-corrected chi connectivity index (χ3v) is 11.3. The summed E-state index contributed by atoms with van der Waals surface area (Å²) in [5, 5.41) is 4.57. The van der Waals surface area contributed by atoms with E-state index >= 15 is 0 Å². The summed E-state index contributed by atoms with van der Waals surface area (Å²) in [5.74, 6) is 6.68. The van der Waals surface area contributed by atoms with Crippen LogP contribution in [-0.2, 0) is 0 Å². The molecule has 0 aromatic rings. The van der Waals surface area contributed by atoms with Crippen LogP contribution in [0.2, 0.25) is 0 Å². The molecule has 3 saturated carbocycles. The standard InChI is InChI=1S/C31H57ClN2/c1-4-24-7-5-9-28(19-24)29-10-6-8-25(20-29)21-33-31(23(2)3)22-34-17-15-27(16-18-34)26-11-13-30(32)14-12-26/h23-31,33H,4-22H2,1-3H3/t24?,25?,26?,28?,29?,30?,31-/m0/s1. The van der Waals surface area contributed by atoms with Crippen LogP contribution in [0.4, 0.5) is 0 Å². The van der Waals surface area contributed by atoms with Gasteiger partial charge in [0.05, 0.1) is 0 Å². The molecule has 4 rings (SSSR count). The molecular formula is C31H57ClN2. The summed E-state index contributed by atoms with van der Waals surface area (Å²) < 4.78 is 0. The summed E-state index contributed by atoms with van der Waals surface area (Å²) in [4.78, 5) is 2.79. The Morgan fingerprint density at radius 1 is 0.735 bits per heavy atom. The number of nitrogens with zero attached hydrogens (tertiary/aromatic N) is 1. The van der Waals surface area contributed by atoms with Crippen molar-refractivity contribution in [2.45, 2.75) is 129 Å². The Morgan fingerprint density at radius 2 is 1.32 bits per heavy atom. The van der Waals surface area contributed by atoms with Crippen molar-refractivity contribution in [3.8, 4) is 0 Å². The molecule has 1 N–H and O–H groups in total. The maximum atomic E-state index is 6.36. The molecule has 0 bridgehead atoms. The van der Waals surface area contributed by atoms with Gasteiger partial charge in [-0.15, -0.1) is 11.6 Å². The van der Waals surface area contributed by atoms with Crippen LogP contribution in [-0.4, -0.2) is 42.5 Å². The van der Waals surface area contributed by atoms with Gasteiger partial charge in [0.15, 0.2) is 0 Å². The first-order valence-corrected chi connectivity index (χ1v) is 16.0. The van der Waals surface area contributed by atoms with E-state index in [9.17, 15) is 0 Å². The van der Waals surface area contributed by atoms with Gasteiger partial charge in [0, 0.05) is 18.0 Å². The predicted octanol–water partition coefficient (Wildman–Crippen LogP) is 8.13. The van der Waals surface area contributed by atoms with Crippen molar-refractivity contribution in [3.63, 3.8) is 0 Å². The van der Waals surface area contributed by atoms with E-state index in [-0.39, 0.29) is 0 Å². The average molecular weight is 493 g/mol. The number of rotatable bonds is 9. The number of alkyl halides is 1. The van der Waals surface area contributed by atoms with E-state index in [0.29, 0.717) is 11.4 Å². The van der Waals surface area contributed by atoms with Crippen molar-refractivity contribution in [1.29, 1.82) is 0 Å². The first-order chi connectivity index (χ1) is 16.5. The Bertz CT molecular complexity index is 564. The normalized spacial score (nSPS) is 37.7. The van der Waals surface area contributed by atoms with E-state index in [2.05, 4.69) is 31.0 Å². The fourth-order valence-electron chi connectivity index (χ4n) is 8.34. The van der Waals surface area contributed by atoms with Gasteiger partial charge in [0.2, 0.25) is 0 Å². The summed E-state index contributed by atoms with van der Waals surface area (Å²) in [7, 11) is 0. The first kappa shape index (κ1) is 27.3. The van der Waals surface area contributed by atoms with Gasteiger partial charge in [-0.3, -0.25) is 0 Å². The second-order valence-corrected chi connectivity index (χ2v) is 14.0. The van der Waals surface area contributed by atoms with Gasteiger partial charge in [-0.05, 0) is 119 Å². The van der Waals surface area contributed by atoms with Crippen molar-refractivity contribution in [2.75, 3.05) is 26.2 Å². The van der Waals surface area contributed by atoms with Gasteiger partial charge < -0.3 is 10.2 Å². The molecule has 4 unspecified atom stereocenters. The minimum absolute atomic E-state index is 0.463. The molecule has 198 valence electrons. The lowest BCUT2D eigenvalue weighted by molar-refractivity contribution is 0.108. The Labute approximate surface area is 217 Å². The third-order valence-electron chi connectivity index (χ3n) is 10.8. The molecule has 0 radical (unpaired) electrons. The second kappa shape index (κ2) is 13.7. The van der Waals surface area contributed by atoms with Gasteiger partial charge in [-0.2, -0.15) is 0 Å². The highest BCUT2D eigenvalue weighted by Gasteiger charge is 2.33. The van der Waals surface area contributed by atoms with Crippen molar-refractivity contribution in [1.82, 2.24) is 10.2 Å². The van der Waals surface area contributed by atoms with E-state index in [1.807, 2.05) is 0 Å². The maximum Gasteiger partial charge on any atom is 0.0336 e. The second-order valence-electron chi connectivity index (χ2n) is 13.4. The molecule has 3 aliphatic carbocycles. The summed E-state index contributed by atoms with van der Waals surface area (Å²) in [6.07, 6.45) is 21.6. The molecule has 0 spiro atoms. The molecule has 3 heteroatoms. The number of nitrogens with one attached hydrogen (secondary N) is 1. The molecule has 4 aliphatic rings. The van der Waals surface area contributed by atoms with Crippen LogP contribution < -0.4 is 5.32 Å². The number of halogens is 1. The zero-order valence-corrected chi connectivity index (χ0v) is 23.7. The Morgan fingerprint density at radius 3 is 1.94 bits per heavy atom. The van der Waals surface area contributed by atoms with Gasteiger partial charge in [0.1, 0.15) is 0 Å². The molecule has 0 aromatic heterocycles. The van der Waals surface area contributed by atoms with Crippen LogP contribution in [0, 0.1) is 41.4 Å². The number of likely N-dealkylation sites (tertiary alicyclic amines) is 1. The summed E-state index contributed by atoms with van der Waals surface area (Å²) in [6, 6.07) is 0.655. The van der Waals surface area contributed by atoms with E-state index in [0.717, 1.165) is 41.4 Å². The Kier molecular flexibility index (Phi) is 11.0. The maximum absolute atomic E-state index is 6.36. The molecule has 0 aromatic carbocycles. The lowest BCUT2D eigenvalue weighted by Gasteiger charge is -2.41. The molecule has 1 aliphatic heterocycles. The van der Waals surface area contributed by atoms with Gasteiger partial charge in [-0.25, -0.2) is 0 Å². The SMILES string of the molecule is CCC1CCCC(C2CCCC(CN[C@@H](CN3CCC(C4CCC(Cl)CC4)CC3)C(C)C)C2)C1. The zero-order valence-electron chi connectivity index (χ0n) is 23.0. The molecule has 1 heterocycles. The van der Waals surface area contributed by atoms with E-state index in [1.165, 1.54) is 116 Å². The highest BCUT2D eigenvalue weighted by molar-refractivity contribution is 6.20. The largest absolute Gasteiger partial charge is 0.312 e. The van der Waals surface area contributed by atoms with E-state index < -0.39 is 0 Å². The van der Waals surface area contributed by atoms with Crippen LogP contribution in [0.3, 0.4) is 0 Å². The summed E-state index contributed by atoms with van der Waals surface area (Å²) in [6.45, 7) is 12.5. The fourth-order valence-corrected chi connectivity index (χ4v) is 8.59. The number of hydrogen-bond donors (Lipinski definition) is 1. The minimum atomic E-state index is 0.463. The van der Waals surface area contributed by atoms with Crippen LogP contribution in [0.25, 0.3) is 0 Å². The monoisotopic (exact) mass is 492 g/mol. The third kappa shape index (κ3) is 7.85. The van der Waals surface area contributed by atoms with Crippen LogP contribution >= 0.6 is 11.6 Å². The lowest BCUT2D eigenvalue weighted by Crippen LogP contribution is -2.48. The summed E-state index contributed by atoms with van der Waals surface area (Å²) in [5.41, 5.74) is 0. The summed E-state index contributed by atoms with van der Waals surface area (Å²) >= 11 is 6.36. The van der Waals surface area contributed by atoms with Crippen molar-refractivity contribution < 1.29 is 0 Å². The highest BCUT2D eigenvalue weighted by atomic mass is 35.5. The fraction of sp³-hybridized carbons (Fsp3) is 1.00. The molecule has 4 fully saturated rings. The number of piperidine rings is 1. The smallest absolute Gasteiger partial charge is 0.0336 e. The van der Waals surface area contributed by atoms with Gasteiger partial charge in [-0.1, -0.05) is 59.3 Å². The van der Waals surface area contributed by atoms with Crippen LogP contribution in [0.15, 0.2) is 0 Å². The lowest BCUT2D eigenvalue weighted by atomic mass is 9.68. The van der Waals surface area contributed by atoms with Crippen LogP contribution in [0.5, 0.6) is 0 Å². The molecule has 2 nitrogen and oxygen atoms in total. The predicted molar refractivity (Wildman–Crippen MR) is 149 cm³/mol. The molecule has 5 atom stereocenters. The highest BCUT2D eigenvalue weighted by Crippen LogP contribution is 2.42. The molecular weight excluding hydrogens is 436 g/mol. The molecule has 1 saturated heterocycles. The van der Waals surface area contributed by atoms with Crippen molar-refractivity contribution in [2.24, 2.45) is 41.4 Å². The van der Waals surface area contributed by atoms with Gasteiger partial charge >= 0.3 is 0 Å². The first-order valence-electron chi connectivity index (χ1n) is 15.6. The Balaban J connectivity index is 1.18.